The Hall–Kier alpha value is -3.86. The highest BCUT2D eigenvalue weighted by molar-refractivity contribution is 5.88. The molecule has 0 unspecified atom stereocenters. The molecule has 0 spiro atoms. The zero-order chi connectivity index (χ0) is 21.3. The topological polar surface area (TPSA) is 55.8 Å². The van der Waals surface area contributed by atoms with E-state index in [0.29, 0.717) is 12.2 Å². The molecule has 0 bridgehead atoms. The number of amides is 1. The lowest BCUT2D eigenvalue weighted by Gasteiger charge is -2.21. The fourth-order valence-corrected chi connectivity index (χ4v) is 2.96. The number of benzene rings is 2. The number of carbonyl (C=O) groups excluding carboxylic acids is 1. The molecule has 0 aliphatic carbocycles. The normalized spacial score (nSPS) is 10.2. The molecule has 0 aromatic heterocycles. The summed E-state index contributed by atoms with van der Waals surface area (Å²) in [5.41, 5.74) is 3.21. The highest BCUT2D eigenvalue weighted by Crippen LogP contribution is 2.24. The Labute approximate surface area is 175 Å². The zero-order valence-electron chi connectivity index (χ0n) is 16.8. The number of carbonyl (C=O) groups is 1. The first kappa shape index (κ1) is 20.9. The summed E-state index contributed by atoms with van der Waals surface area (Å²) in [5, 5.41) is 0. The third-order valence-corrected chi connectivity index (χ3v) is 4.54. The number of nitrogens with zero attached hydrogens (tertiary/aromatic N) is 1. The Morgan fingerprint density at radius 2 is 1.57 bits per heavy atom. The maximum atomic E-state index is 12.6. The monoisotopic (exact) mass is 401 g/mol. The van der Waals surface area contributed by atoms with Gasteiger partial charge in [0.05, 0.1) is 7.11 Å². The van der Waals surface area contributed by atoms with Crippen LogP contribution in [0, 0.1) is 0 Å². The van der Waals surface area contributed by atoms with Gasteiger partial charge < -0.3 is 9.47 Å². The standard InChI is InChI=1S/C25H23NO4/c1-3-17-26(25(28)30-18-19-7-5-4-6-8-19)22-13-9-20(10-14-22)21-11-15-23(27)24(29-2)16-12-21/h3-16H,1,17-18H2,2H3. The Morgan fingerprint density at radius 3 is 2.20 bits per heavy atom. The van der Waals surface area contributed by atoms with Crippen LogP contribution in [0.3, 0.4) is 0 Å². The largest absolute Gasteiger partial charge is 0.493 e. The lowest BCUT2D eigenvalue weighted by molar-refractivity contribution is 0.148. The molecule has 0 saturated heterocycles. The molecule has 0 fully saturated rings. The summed E-state index contributed by atoms with van der Waals surface area (Å²) >= 11 is 0. The van der Waals surface area contributed by atoms with E-state index in [1.54, 1.807) is 18.2 Å². The molecule has 30 heavy (non-hydrogen) atoms. The summed E-state index contributed by atoms with van der Waals surface area (Å²) in [4.78, 5) is 26.0. The van der Waals surface area contributed by atoms with Gasteiger partial charge in [0, 0.05) is 12.2 Å². The second-order valence-corrected chi connectivity index (χ2v) is 6.54. The van der Waals surface area contributed by atoms with Gasteiger partial charge in [0.15, 0.2) is 5.75 Å². The van der Waals surface area contributed by atoms with Crippen LogP contribution in [0.25, 0.3) is 11.1 Å². The maximum absolute atomic E-state index is 12.6. The van der Waals surface area contributed by atoms with E-state index in [4.69, 9.17) is 9.47 Å². The van der Waals surface area contributed by atoms with Crippen LogP contribution in [0.4, 0.5) is 10.5 Å². The van der Waals surface area contributed by atoms with Crippen molar-refractivity contribution in [1.29, 1.82) is 0 Å². The summed E-state index contributed by atoms with van der Waals surface area (Å²) in [6.07, 6.45) is 1.20. The van der Waals surface area contributed by atoms with Crippen LogP contribution >= 0.6 is 0 Å². The van der Waals surface area contributed by atoms with Crippen molar-refractivity contribution >= 4 is 11.8 Å². The molecule has 5 heteroatoms. The number of hydrogen-bond acceptors (Lipinski definition) is 4. The summed E-state index contributed by atoms with van der Waals surface area (Å²) in [7, 11) is 1.47. The van der Waals surface area contributed by atoms with Gasteiger partial charge in [0.25, 0.3) is 0 Å². The number of methoxy groups -OCH3 is 1. The molecule has 0 saturated carbocycles. The van der Waals surface area contributed by atoms with Gasteiger partial charge in [0.2, 0.25) is 5.43 Å². The first-order valence-corrected chi connectivity index (χ1v) is 9.50. The van der Waals surface area contributed by atoms with Crippen LogP contribution in [0.5, 0.6) is 5.75 Å². The lowest BCUT2D eigenvalue weighted by Crippen LogP contribution is -2.31. The SMILES string of the molecule is C=CCN(C(=O)OCc1ccccc1)c1ccc(-c2ccc(OC)c(=O)cc2)cc1. The summed E-state index contributed by atoms with van der Waals surface area (Å²) in [6, 6.07) is 23.7. The molecule has 3 aromatic rings. The van der Waals surface area contributed by atoms with Crippen LogP contribution in [0.15, 0.2) is 96.3 Å². The molecule has 0 aliphatic heterocycles. The first-order valence-electron chi connectivity index (χ1n) is 9.50. The zero-order valence-corrected chi connectivity index (χ0v) is 16.8. The van der Waals surface area contributed by atoms with E-state index in [1.807, 2.05) is 60.7 Å². The molecule has 0 radical (unpaired) electrons. The Kier molecular flexibility index (Phi) is 7.00. The molecule has 0 heterocycles. The van der Waals surface area contributed by atoms with Gasteiger partial charge in [-0.25, -0.2) is 4.79 Å². The third kappa shape index (κ3) is 5.14. The quantitative estimate of drug-likeness (QED) is 0.520. The second kappa shape index (κ2) is 10.1. The van der Waals surface area contributed by atoms with Crippen molar-refractivity contribution in [3.05, 3.63) is 107 Å². The van der Waals surface area contributed by atoms with E-state index in [-0.39, 0.29) is 17.8 Å². The molecule has 152 valence electrons. The maximum Gasteiger partial charge on any atom is 0.414 e. The molecule has 0 aliphatic rings. The average Bonchev–Trinajstić information content (AvgIpc) is 2.98. The van der Waals surface area contributed by atoms with Crippen molar-refractivity contribution in [3.63, 3.8) is 0 Å². The Balaban J connectivity index is 1.78. The fraction of sp³-hybridized carbons (Fsp3) is 0.120. The predicted octanol–water partition coefficient (Wildman–Crippen LogP) is 5.05. The minimum atomic E-state index is -0.446. The van der Waals surface area contributed by atoms with Crippen molar-refractivity contribution in [2.75, 3.05) is 18.6 Å². The number of hydrogen-bond donors (Lipinski definition) is 0. The minimum Gasteiger partial charge on any atom is -0.493 e. The summed E-state index contributed by atoms with van der Waals surface area (Å²) in [6.45, 7) is 4.26. The molecular weight excluding hydrogens is 378 g/mol. The van der Waals surface area contributed by atoms with E-state index >= 15 is 0 Å². The molecule has 1 amide bonds. The van der Waals surface area contributed by atoms with Gasteiger partial charge in [-0.2, -0.15) is 0 Å². The van der Waals surface area contributed by atoms with E-state index in [0.717, 1.165) is 16.7 Å². The van der Waals surface area contributed by atoms with E-state index in [2.05, 4.69) is 6.58 Å². The summed E-state index contributed by atoms with van der Waals surface area (Å²) < 4.78 is 10.5. The van der Waals surface area contributed by atoms with Gasteiger partial charge in [0.1, 0.15) is 6.61 Å². The molecule has 0 N–H and O–H groups in total. The predicted molar refractivity (Wildman–Crippen MR) is 119 cm³/mol. The first-order chi connectivity index (χ1) is 14.6. The number of rotatable bonds is 7. The highest BCUT2D eigenvalue weighted by atomic mass is 16.6. The van der Waals surface area contributed by atoms with Crippen LogP contribution < -0.4 is 15.1 Å². The van der Waals surface area contributed by atoms with Crippen molar-refractivity contribution in [3.8, 4) is 16.9 Å². The van der Waals surface area contributed by atoms with Crippen molar-refractivity contribution in [1.82, 2.24) is 0 Å². The Bertz CT molecular complexity index is 1060. The van der Waals surface area contributed by atoms with E-state index in [9.17, 15) is 9.59 Å². The number of ether oxygens (including phenoxy) is 2. The van der Waals surface area contributed by atoms with Gasteiger partial charge in [-0.15, -0.1) is 6.58 Å². The van der Waals surface area contributed by atoms with Crippen molar-refractivity contribution in [2.24, 2.45) is 0 Å². The molecule has 3 aromatic carbocycles. The van der Waals surface area contributed by atoms with Gasteiger partial charge >= 0.3 is 6.09 Å². The van der Waals surface area contributed by atoms with E-state index < -0.39 is 6.09 Å². The fourth-order valence-electron chi connectivity index (χ4n) is 2.96. The van der Waals surface area contributed by atoms with Gasteiger partial charge in [-0.3, -0.25) is 9.69 Å². The highest BCUT2D eigenvalue weighted by Gasteiger charge is 2.16. The van der Waals surface area contributed by atoms with Crippen LogP contribution in [-0.4, -0.2) is 19.7 Å². The van der Waals surface area contributed by atoms with Gasteiger partial charge in [-0.1, -0.05) is 60.7 Å². The molecule has 3 rings (SSSR count). The van der Waals surface area contributed by atoms with Crippen molar-refractivity contribution < 1.29 is 14.3 Å². The van der Waals surface area contributed by atoms with Crippen LogP contribution in [-0.2, 0) is 11.3 Å². The summed E-state index contributed by atoms with van der Waals surface area (Å²) in [5.74, 6) is 0.288. The molecule has 5 nitrogen and oxygen atoms in total. The second-order valence-electron chi connectivity index (χ2n) is 6.54. The average molecular weight is 401 g/mol. The minimum absolute atomic E-state index is 0.182. The lowest BCUT2D eigenvalue weighted by atomic mass is 10.1. The molecular formula is C25H23NO4. The molecule has 0 atom stereocenters. The third-order valence-electron chi connectivity index (χ3n) is 4.54. The Morgan fingerprint density at radius 1 is 0.933 bits per heavy atom. The van der Waals surface area contributed by atoms with Crippen molar-refractivity contribution in [2.45, 2.75) is 6.61 Å². The number of anilines is 1. The van der Waals surface area contributed by atoms with Gasteiger partial charge in [-0.05, 0) is 41.0 Å². The van der Waals surface area contributed by atoms with Crippen LogP contribution in [0.2, 0.25) is 0 Å². The smallest absolute Gasteiger partial charge is 0.414 e. The van der Waals surface area contributed by atoms with E-state index in [1.165, 1.54) is 18.1 Å². The van der Waals surface area contributed by atoms with Crippen LogP contribution in [0.1, 0.15) is 5.56 Å².